The predicted molar refractivity (Wildman–Crippen MR) is 194 cm³/mol. The Morgan fingerprint density at radius 2 is 1.60 bits per heavy atom. The number of thioether (sulfide) groups is 1. The Hall–Kier alpha value is -3.95. The van der Waals surface area contributed by atoms with Gasteiger partial charge in [-0.2, -0.15) is 4.72 Å². The van der Waals surface area contributed by atoms with Crippen molar-refractivity contribution in [2.75, 3.05) is 11.1 Å². The van der Waals surface area contributed by atoms with E-state index in [1.54, 1.807) is 47.4 Å². The van der Waals surface area contributed by atoms with E-state index in [9.17, 15) is 18.3 Å². The number of rotatable bonds is 13. The summed E-state index contributed by atoms with van der Waals surface area (Å²) >= 11 is 3.14. The number of aromatic nitrogens is 2. The lowest BCUT2D eigenvalue weighted by Crippen LogP contribution is -2.45. The highest BCUT2D eigenvalue weighted by atomic mass is 32.2. The molecule has 3 N–H and O–H groups in total. The van der Waals surface area contributed by atoms with Crippen molar-refractivity contribution in [3.8, 4) is 0 Å². The van der Waals surface area contributed by atoms with E-state index in [1.165, 1.54) is 12.1 Å². The van der Waals surface area contributed by atoms with Crippen LogP contribution >= 0.6 is 23.1 Å². The third-order valence-electron chi connectivity index (χ3n) is 8.19. The van der Waals surface area contributed by atoms with E-state index in [0.717, 1.165) is 37.2 Å². The molecule has 13 heteroatoms. The van der Waals surface area contributed by atoms with Gasteiger partial charge in [-0.25, -0.2) is 8.42 Å². The molecule has 10 nitrogen and oxygen atoms in total. The van der Waals surface area contributed by atoms with Gasteiger partial charge in [-0.15, -0.1) is 10.2 Å². The number of aryl methyl sites for hydroxylation is 2. The third-order valence-corrected chi connectivity index (χ3v) is 11.8. The number of sulfonamides is 1. The third kappa shape index (κ3) is 9.43. The van der Waals surface area contributed by atoms with Crippen molar-refractivity contribution >= 4 is 44.7 Å². The van der Waals surface area contributed by atoms with E-state index in [0.29, 0.717) is 17.9 Å². The number of amides is 1. The van der Waals surface area contributed by atoms with Crippen LogP contribution in [0.15, 0.2) is 112 Å². The molecule has 4 aromatic carbocycles. The molecular weight excluding hydrogens is 693 g/mol. The normalized spacial score (nSPS) is 18.4. The minimum absolute atomic E-state index is 0.0351. The fourth-order valence-electron chi connectivity index (χ4n) is 5.49. The topological polar surface area (TPSA) is 140 Å². The molecule has 260 valence electrons. The molecule has 50 heavy (non-hydrogen) atoms. The van der Waals surface area contributed by atoms with E-state index in [2.05, 4.69) is 20.2 Å². The molecule has 1 aliphatic rings. The Balaban J connectivity index is 1.17. The van der Waals surface area contributed by atoms with Gasteiger partial charge in [0.15, 0.2) is 10.6 Å². The second kappa shape index (κ2) is 16.4. The van der Waals surface area contributed by atoms with Gasteiger partial charge >= 0.3 is 0 Å². The summed E-state index contributed by atoms with van der Waals surface area (Å²) in [5, 5.41) is 21.6. The summed E-state index contributed by atoms with van der Waals surface area (Å²) in [6.45, 7) is 3.77. The molecule has 1 aliphatic heterocycles. The molecule has 0 unspecified atom stereocenters. The van der Waals surface area contributed by atoms with Crippen LogP contribution in [0.25, 0.3) is 0 Å². The standard InChI is InChI=1S/C37H38N4O6S3/c1-24-8-18-32(19-9-24)50(44,45)41-33(20-26-6-4-3-5-7-26)35(43)38-30-16-14-29(15-17-30)36-46-31(23-48-37-40-39-25(2)49-37)21-34(47-36)28-12-10-27(22-42)11-13-28/h3-19,31,33-34,36,41-42H,20-23H2,1-2H3,(H,38,43)/t31-,33-,34+,36+/m1/s1. The average molecular weight is 731 g/mol. The first-order chi connectivity index (χ1) is 24.1. The maximum atomic E-state index is 13.6. The molecule has 6 rings (SSSR count). The number of hydrogen-bond donors (Lipinski definition) is 3. The minimum atomic E-state index is -3.98. The van der Waals surface area contributed by atoms with Crippen molar-refractivity contribution in [3.05, 3.63) is 136 Å². The molecule has 4 atom stereocenters. The number of benzene rings is 4. The van der Waals surface area contributed by atoms with Gasteiger partial charge in [-0.1, -0.05) is 108 Å². The van der Waals surface area contributed by atoms with Crippen LogP contribution in [0, 0.1) is 13.8 Å². The van der Waals surface area contributed by atoms with E-state index in [1.807, 2.05) is 80.6 Å². The maximum absolute atomic E-state index is 13.6. The van der Waals surface area contributed by atoms with Gasteiger partial charge < -0.3 is 19.9 Å². The number of ether oxygens (including phenoxy) is 2. The van der Waals surface area contributed by atoms with Crippen molar-refractivity contribution in [2.45, 2.75) is 67.1 Å². The van der Waals surface area contributed by atoms with Gasteiger partial charge in [-0.3, -0.25) is 4.79 Å². The van der Waals surface area contributed by atoms with Crippen molar-refractivity contribution in [2.24, 2.45) is 0 Å². The van der Waals surface area contributed by atoms with Crippen LogP contribution in [-0.2, 0) is 37.3 Å². The van der Waals surface area contributed by atoms with Crippen molar-refractivity contribution in [1.29, 1.82) is 0 Å². The number of aliphatic hydroxyl groups is 1. The molecule has 2 heterocycles. The van der Waals surface area contributed by atoms with Crippen LogP contribution in [0.1, 0.15) is 51.6 Å². The van der Waals surface area contributed by atoms with E-state index in [-0.39, 0.29) is 30.1 Å². The van der Waals surface area contributed by atoms with E-state index < -0.39 is 28.3 Å². The van der Waals surface area contributed by atoms with Gasteiger partial charge in [0, 0.05) is 23.4 Å². The quantitative estimate of drug-likeness (QED) is 0.116. The fourth-order valence-corrected chi connectivity index (χ4v) is 8.54. The molecular formula is C37H38N4O6S3. The van der Waals surface area contributed by atoms with Crippen molar-refractivity contribution < 1.29 is 27.8 Å². The molecule has 1 amide bonds. The summed E-state index contributed by atoms with van der Waals surface area (Å²) in [6.07, 6.45) is -0.274. The van der Waals surface area contributed by atoms with Gasteiger partial charge in [0.2, 0.25) is 15.9 Å². The summed E-state index contributed by atoms with van der Waals surface area (Å²) in [4.78, 5) is 13.7. The summed E-state index contributed by atoms with van der Waals surface area (Å²) in [5.74, 6) is 0.174. The zero-order chi connectivity index (χ0) is 35.1. The first-order valence-corrected chi connectivity index (χ1v) is 19.4. The molecule has 0 saturated carbocycles. The number of anilines is 1. The summed E-state index contributed by atoms with van der Waals surface area (Å²) in [7, 11) is -3.98. The molecule has 1 fully saturated rings. The predicted octanol–water partition coefficient (Wildman–Crippen LogP) is 6.51. The Labute approximate surface area is 300 Å². The van der Waals surface area contributed by atoms with E-state index >= 15 is 0 Å². The average Bonchev–Trinajstić information content (AvgIpc) is 3.56. The Morgan fingerprint density at radius 3 is 2.26 bits per heavy atom. The Kier molecular flexibility index (Phi) is 11.7. The SMILES string of the molecule is Cc1ccc(S(=O)(=O)N[C@H](Cc2ccccc2)C(=O)Nc2ccc([C@H]3O[C@@H](CSc4nnc(C)s4)C[C@@H](c4ccc(CO)cc4)O3)cc2)cc1. The molecule has 0 bridgehead atoms. The minimum Gasteiger partial charge on any atom is -0.392 e. The van der Waals surface area contributed by atoms with E-state index in [4.69, 9.17) is 9.47 Å². The van der Waals surface area contributed by atoms with Crippen molar-refractivity contribution in [3.63, 3.8) is 0 Å². The summed E-state index contributed by atoms with van der Waals surface area (Å²) in [5.41, 5.74) is 4.82. The number of hydrogen-bond acceptors (Lipinski definition) is 10. The van der Waals surface area contributed by atoms with Crippen LogP contribution in [0.4, 0.5) is 5.69 Å². The second-order valence-corrected chi connectivity index (χ2v) is 16.2. The van der Waals surface area contributed by atoms with Crippen molar-refractivity contribution in [1.82, 2.24) is 14.9 Å². The molecule has 0 aliphatic carbocycles. The monoisotopic (exact) mass is 730 g/mol. The largest absolute Gasteiger partial charge is 0.392 e. The molecule has 0 radical (unpaired) electrons. The van der Waals surface area contributed by atoms with Gasteiger partial charge in [-0.05, 0) is 61.2 Å². The number of aliphatic hydroxyl groups excluding tert-OH is 1. The van der Waals surface area contributed by atoms with Gasteiger partial charge in [0.05, 0.1) is 23.7 Å². The summed E-state index contributed by atoms with van der Waals surface area (Å²) in [6, 6.07) is 29.6. The Bertz CT molecular complexity index is 1970. The number of nitrogens with one attached hydrogen (secondary N) is 2. The number of carbonyl (C=O) groups excluding carboxylic acids is 1. The molecule has 1 aromatic heterocycles. The molecule has 5 aromatic rings. The number of nitrogens with zero attached hydrogens (tertiary/aromatic N) is 2. The van der Waals surface area contributed by atoms with Crippen LogP contribution in [0.2, 0.25) is 0 Å². The Morgan fingerprint density at radius 1 is 0.900 bits per heavy atom. The lowest BCUT2D eigenvalue weighted by Gasteiger charge is -2.36. The smallest absolute Gasteiger partial charge is 0.242 e. The zero-order valence-electron chi connectivity index (χ0n) is 27.6. The van der Waals surface area contributed by atoms with Crippen LogP contribution < -0.4 is 10.0 Å². The zero-order valence-corrected chi connectivity index (χ0v) is 30.0. The molecule has 1 saturated heterocycles. The summed E-state index contributed by atoms with van der Waals surface area (Å²) < 4.78 is 43.0. The fraction of sp³-hybridized carbons (Fsp3) is 0.270. The van der Waals surface area contributed by atoms with Crippen LogP contribution in [0.3, 0.4) is 0 Å². The highest BCUT2D eigenvalue weighted by Gasteiger charge is 2.33. The lowest BCUT2D eigenvalue weighted by molar-refractivity contribution is -0.245. The second-order valence-electron chi connectivity index (χ2n) is 12.0. The molecule has 0 spiro atoms. The lowest BCUT2D eigenvalue weighted by atomic mass is 10.0. The van der Waals surface area contributed by atoms with Gasteiger partial charge in [0.25, 0.3) is 0 Å². The maximum Gasteiger partial charge on any atom is 0.242 e. The van der Waals surface area contributed by atoms with Crippen LogP contribution in [0.5, 0.6) is 0 Å². The highest BCUT2D eigenvalue weighted by Crippen LogP contribution is 2.40. The highest BCUT2D eigenvalue weighted by molar-refractivity contribution is 8.01. The van der Waals surface area contributed by atoms with Gasteiger partial charge in [0.1, 0.15) is 11.0 Å². The first kappa shape index (κ1) is 35.9. The first-order valence-electron chi connectivity index (χ1n) is 16.1. The number of carbonyl (C=O) groups is 1. The van der Waals surface area contributed by atoms with Crippen LogP contribution in [-0.4, -0.2) is 47.5 Å².